The normalized spacial score (nSPS) is 16.4. The first-order valence-electron chi connectivity index (χ1n) is 5.00. The summed E-state index contributed by atoms with van der Waals surface area (Å²) in [6.07, 6.45) is 1.51. The van der Waals surface area contributed by atoms with Crippen molar-refractivity contribution in [3.63, 3.8) is 0 Å². The van der Waals surface area contributed by atoms with Crippen LogP contribution in [0.3, 0.4) is 0 Å². The number of amides is 1. The van der Waals surface area contributed by atoms with E-state index in [0.717, 1.165) is 29.2 Å². The largest absolute Gasteiger partial charge is 0.285 e. The van der Waals surface area contributed by atoms with Crippen LogP contribution in [-0.2, 0) is 4.79 Å². The average molecular weight is 225 g/mol. The summed E-state index contributed by atoms with van der Waals surface area (Å²) in [5.41, 5.74) is 4.94. The van der Waals surface area contributed by atoms with Gasteiger partial charge in [-0.2, -0.15) is 0 Å². The monoisotopic (exact) mass is 224 g/mol. The van der Waals surface area contributed by atoms with Crippen LogP contribution >= 0.6 is 11.6 Å². The van der Waals surface area contributed by atoms with Gasteiger partial charge in [0.2, 0.25) is 5.91 Å². The number of benzene rings is 1. The van der Waals surface area contributed by atoms with E-state index in [9.17, 15) is 4.79 Å². The van der Waals surface area contributed by atoms with E-state index in [4.69, 9.17) is 11.6 Å². The summed E-state index contributed by atoms with van der Waals surface area (Å²) in [7, 11) is 0. The van der Waals surface area contributed by atoms with Crippen LogP contribution < -0.4 is 10.4 Å². The van der Waals surface area contributed by atoms with Gasteiger partial charge in [0.1, 0.15) is 0 Å². The maximum atomic E-state index is 11.2. The molecule has 15 heavy (non-hydrogen) atoms. The standard InChI is InChI=1S/C11H13ClN2O/c1-8-7-9(12)4-5-10(8)14-6-2-3-11(15)13-14/h4-5,7H,2-3,6H2,1H3,(H,13,15). The number of carbonyl (C=O) groups is 1. The second-order valence-electron chi connectivity index (χ2n) is 3.72. The molecule has 0 atom stereocenters. The summed E-state index contributed by atoms with van der Waals surface area (Å²) < 4.78 is 0. The Morgan fingerprint density at radius 3 is 2.93 bits per heavy atom. The van der Waals surface area contributed by atoms with E-state index < -0.39 is 0 Å². The predicted octanol–water partition coefficient (Wildman–Crippen LogP) is 2.28. The highest BCUT2D eigenvalue weighted by Crippen LogP contribution is 2.23. The Bertz CT molecular complexity index is 392. The fourth-order valence-corrected chi connectivity index (χ4v) is 1.99. The highest BCUT2D eigenvalue weighted by Gasteiger charge is 2.17. The quantitative estimate of drug-likeness (QED) is 0.794. The van der Waals surface area contributed by atoms with Crippen LogP contribution in [0.25, 0.3) is 0 Å². The van der Waals surface area contributed by atoms with Crippen molar-refractivity contribution in [1.82, 2.24) is 5.43 Å². The molecular weight excluding hydrogens is 212 g/mol. The predicted molar refractivity (Wildman–Crippen MR) is 60.9 cm³/mol. The number of nitrogens with zero attached hydrogens (tertiary/aromatic N) is 1. The van der Waals surface area contributed by atoms with Crippen molar-refractivity contribution in [3.8, 4) is 0 Å². The Kier molecular flexibility index (Phi) is 2.82. The van der Waals surface area contributed by atoms with Gasteiger partial charge in [-0.3, -0.25) is 15.2 Å². The van der Waals surface area contributed by atoms with Crippen LogP contribution in [0.4, 0.5) is 5.69 Å². The smallest absolute Gasteiger partial charge is 0.238 e. The van der Waals surface area contributed by atoms with E-state index in [2.05, 4.69) is 5.43 Å². The molecule has 1 saturated heterocycles. The zero-order valence-corrected chi connectivity index (χ0v) is 9.34. The number of hydrazine groups is 1. The first-order chi connectivity index (χ1) is 7.16. The van der Waals surface area contributed by atoms with E-state index >= 15 is 0 Å². The molecule has 1 aliphatic rings. The molecule has 2 rings (SSSR count). The Morgan fingerprint density at radius 1 is 1.47 bits per heavy atom. The Morgan fingerprint density at radius 2 is 2.27 bits per heavy atom. The number of halogens is 1. The molecule has 0 saturated carbocycles. The average Bonchev–Trinajstić information content (AvgIpc) is 2.17. The van der Waals surface area contributed by atoms with Crippen molar-refractivity contribution >= 4 is 23.2 Å². The fourth-order valence-electron chi connectivity index (χ4n) is 1.76. The first kappa shape index (κ1) is 10.3. The van der Waals surface area contributed by atoms with Crippen LogP contribution in [0.15, 0.2) is 18.2 Å². The third-order valence-corrected chi connectivity index (χ3v) is 2.73. The maximum absolute atomic E-state index is 11.2. The second kappa shape index (κ2) is 4.11. The molecule has 1 aliphatic heterocycles. The molecule has 80 valence electrons. The van der Waals surface area contributed by atoms with Gasteiger partial charge < -0.3 is 0 Å². The Balaban J connectivity index is 2.24. The lowest BCUT2D eigenvalue weighted by Gasteiger charge is -2.30. The molecule has 4 heteroatoms. The lowest BCUT2D eigenvalue weighted by molar-refractivity contribution is -0.122. The minimum atomic E-state index is 0.0793. The summed E-state index contributed by atoms with van der Waals surface area (Å²) in [6.45, 7) is 2.84. The van der Waals surface area contributed by atoms with Crippen molar-refractivity contribution in [1.29, 1.82) is 0 Å². The SMILES string of the molecule is Cc1cc(Cl)ccc1N1CCCC(=O)N1. The van der Waals surface area contributed by atoms with Crippen molar-refractivity contribution in [2.45, 2.75) is 19.8 Å². The van der Waals surface area contributed by atoms with E-state index in [1.807, 2.05) is 30.1 Å². The summed E-state index contributed by atoms with van der Waals surface area (Å²) in [6, 6.07) is 5.67. The number of rotatable bonds is 1. The molecule has 0 spiro atoms. The number of hydrogen-bond donors (Lipinski definition) is 1. The summed E-state index contributed by atoms with van der Waals surface area (Å²) in [4.78, 5) is 11.2. The molecule has 1 heterocycles. The van der Waals surface area contributed by atoms with Gasteiger partial charge in [-0.25, -0.2) is 0 Å². The Labute approximate surface area is 94.0 Å². The summed E-state index contributed by atoms with van der Waals surface area (Å²) in [5.74, 6) is 0.0793. The lowest BCUT2D eigenvalue weighted by Crippen LogP contribution is -2.47. The van der Waals surface area contributed by atoms with Crippen molar-refractivity contribution < 1.29 is 4.79 Å². The maximum Gasteiger partial charge on any atom is 0.238 e. The van der Waals surface area contributed by atoms with Gasteiger partial charge in [-0.15, -0.1) is 0 Å². The van der Waals surface area contributed by atoms with E-state index in [0.29, 0.717) is 6.42 Å². The van der Waals surface area contributed by atoms with Gasteiger partial charge in [0.05, 0.1) is 5.69 Å². The molecule has 0 aliphatic carbocycles. The zero-order valence-electron chi connectivity index (χ0n) is 8.59. The van der Waals surface area contributed by atoms with E-state index in [1.54, 1.807) is 0 Å². The van der Waals surface area contributed by atoms with Crippen molar-refractivity contribution in [3.05, 3.63) is 28.8 Å². The molecule has 1 fully saturated rings. The lowest BCUT2D eigenvalue weighted by atomic mass is 10.1. The number of aryl methyl sites for hydroxylation is 1. The number of hydrogen-bond acceptors (Lipinski definition) is 2. The van der Waals surface area contributed by atoms with Crippen LogP contribution in [0.5, 0.6) is 0 Å². The van der Waals surface area contributed by atoms with E-state index in [-0.39, 0.29) is 5.91 Å². The van der Waals surface area contributed by atoms with Crippen LogP contribution in [0.2, 0.25) is 5.02 Å². The number of nitrogens with one attached hydrogen (secondary N) is 1. The number of carbonyl (C=O) groups excluding carboxylic acids is 1. The van der Waals surface area contributed by atoms with Gasteiger partial charge in [0.25, 0.3) is 0 Å². The molecule has 1 aromatic carbocycles. The van der Waals surface area contributed by atoms with Crippen LogP contribution in [0, 0.1) is 6.92 Å². The van der Waals surface area contributed by atoms with Gasteiger partial charge in [0.15, 0.2) is 0 Å². The molecule has 0 bridgehead atoms. The first-order valence-corrected chi connectivity index (χ1v) is 5.38. The Hall–Kier alpha value is -1.22. The molecule has 1 aromatic rings. The highest BCUT2D eigenvalue weighted by molar-refractivity contribution is 6.30. The minimum Gasteiger partial charge on any atom is -0.285 e. The fraction of sp³-hybridized carbons (Fsp3) is 0.364. The highest BCUT2D eigenvalue weighted by atomic mass is 35.5. The molecule has 1 N–H and O–H groups in total. The van der Waals surface area contributed by atoms with E-state index in [1.165, 1.54) is 0 Å². The molecule has 0 aromatic heterocycles. The van der Waals surface area contributed by atoms with Crippen molar-refractivity contribution in [2.75, 3.05) is 11.6 Å². The third-order valence-electron chi connectivity index (χ3n) is 2.49. The zero-order chi connectivity index (χ0) is 10.8. The summed E-state index contributed by atoms with van der Waals surface area (Å²) >= 11 is 5.88. The molecule has 3 nitrogen and oxygen atoms in total. The number of anilines is 1. The van der Waals surface area contributed by atoms with Gasteiger partial charge in [0, 0.05) is 18.0 Å². The molecule has 1 amide bonds. The van der Waals surface area contributed by atoms with Crippen LogP contribution in [-0.4, -0.2) is 12.5 Å². The topological polar surface area (TPSA) is 32.3 Å². The van der Waals surface area contributed by atoms with Gasteiger partial charge >= 0.3 is 0 Å². The second-order valence-corrected chi connectivity index (χ2v) is 4.16. The van der Waals surface area contributed by atoms with Gasteiger partial charge in [-0.05, 0) is 37.1 Å². The molecule has 0 radical (unpaired) electrons. The molecular formula is C11H13ClN2O. The van der Waals surface area contributed by atoms with Crippen LogP contribution in [0.1, 0.15) is 18.4 Å². The third kappa shape index (κ3) is 2.23. The summed E-state index contributed by atoms with van der Waals surface area (Å²) in [5, 5.41) is 2.61. The minimum absolute atomic E-state index is 0.0793. The molecule has 0 unspecified atom stereocenters. The van der Waals surface area contributed by atoms with Gasteiger partial charge in [-0.1, -0.05) is 11.6 Å². The van der Waals surface area contributed by atoms with Crippen molar-refractivity contribution in [2.24, 2.45) is 0 Å².